The van der Waals surface area contributed by atoms with Crippen LogP contribution in [0.1, 0.15) is 34.7 Å². The smallest absolute Gasteiger partial charge is 0.325 e. The van der Waals surface area contributed by atoms with Gasteiger partial charge in [-0.2, -0.15) is 0 Å². The van der Waals surface area contributed by atoms with Crippen LogP contribution in [0, 0.1) is 0 Å². The number of hydrogen-bond acceptors (Lipinski definition) is 5. The lowest BCUT2D eigenvalue weighted by Gasteiger charge is -2.23. The van der Waals surface area contributed by atoms with Crippen molar-refractivity contribution in [3.05, 3.63) is 84.2 Å². The average Bonchev–Trinajstić information content (AvgIpc) is 3.36. The maximum absolute atomic E-state index is 12.9. The van der Waals surface area contributed by atoms with Gasteiger partial charge in [-0.25, -0.2) is 9.78 Å². The fraction of sp³-hybridized carbons (Fsp3) is 0.250. The summed E-state index contributed by atoms with van der Waals surface area (Å²) in [6.07, 6.45) is 5.69. The van der Waals surface area contributed by atoms with Gasteiger partial charge in [0.15, 0.2) is 0 Å². The molecule has 0 saturated carbocycles. The lowest BCUT2D eigenvalue weighted by atomic mass is 9.90. The first-order valence-electron chi connectivity index (χ1n) is 12.2. The molecule has 0 unspecified atom stereocenters. The van der Waals surface area contributed by atoms with Gasteiger partial charge >= 0.3 is 6.03 Å². The van der Waals surface area contributed by atoms with Crippen molar-refractivity contribution in [2.24, 2.45) is 0 Å². The third kappa shape index (κ3) is 4.81. The van der Waals surface area contributed by atoms with Gasteiger partial charge in [0.05, 0.1) is 5.52 Å². The number of hydrogen-bond donors (Lipinski definition) is 3. The highest BCUT2D eigenvalue weighted by Crippen LogP contribution is 2.29. The van der Waals surface area contributed by atoms with Gasteiger partial charge in [0, 0.05) is 54.9 Å². The predicted molar refractivity (Wildman–Crippen MR) is 143 cm³/mol. The van der Waals surface area contributed by atoms with E-state index in [0.29, 0.717) is 17.3 Å². The Morgan fingerprint density at radius 2 is 1.75 bits per heavy atom. The van der Waals surface area contributed by atoms with Gasteiger partial charge in [-0.15, -0.1) is 0 Å². The Morgan fingerprint density at radius 3 is 2.50 bits per heavy atom. The van der Waals surface area contributed by atoms with Crippen LogP contribution in [-0.2, 0) is 0 Å². The lowest BCUT2D eigenvalue weighted by molar-refractivity contribution is 0.102. The molecule has 8 heteroatoms. The number of nitrogens with zero attached hydrogens (tertiary/aromatic N) is 3. The van der Waals surface area contributed by atoms with Gasteiger partial charge in [-0.1, -0.05) is 12.1 Å². The van der Waals surface area contributed by atoms with Gasteiger partial charge in [0.2, 0.25) is 0 Å². The SMILES string of the molecule is CNC(=O)n1ccc2cc(N(C)c3ccnc(NC(=O)c4ccc(C5CCNCC5)cc4)c3)ccc21. The highest BCUT2D eigenvalue weighted by Gasteiger charge is 2.16. The number of piperidine rings is 1. The zero-order valence-electron chi connectivity index (χ0n) is 20.5. The summed E-state index contributed by atoms with van der Waals surface area (Å²) in [4.78, 5) is 31.3. The van der Waals surface area contributed by atoms with E-state index in [1.165, 1.54) is 5.56 Å². The van der Waals surface area contributed by atoms with Gasteiger partial charge < -0.3 is 20.9 Å². The molecule has 3 N–H and O–H groups in total. The lowest BCUT2D eigenvalue weighted by Crippen LogP contribution is -2.26. The minimum atomic E-state index is -0.184. The van der Waals surface area contributed by atoms with Crippen molar-refractivity contribution in [2.45, 2.75) is 18.8 Å². The number of anilines is 3. The summed E-state index contributed by atoms with van der Waals surface area (Å²) in [5, 5.41) is 9.91. The molecule has 1 aliphatic heterocycles. The molecule has 1 saturated heterocycles. The number of amides is 2. The fourth-order valence-corrected chi connectivity index (χ4v) is 4.73. The topological polar surface area (TPSA) is 91.3 Å². The molecular weight excluding hydrogens is 452 g/mol. The molecule has 0 aliphatic carbocycles. The molecule has 0 radical (unpaired) electrons. The van der Waals surface area contributed by atoms with E-state index in [2.05, 4.69) is 33.1 Å². The number of benzene rings is 2. The van der Waals surface area contributed by atoms with E-state index < -0.39 is 0 Å². The summed E-state index contributed by atoms with van der Waals surface area (Å²) < 4.78 is 1.58. The number of pyridine rings is 1. The highest BCUT2D eigenvalue weighted by atomic mass is 16.2. The number of carbonyl (C=O) groups is 2. The Hall–Kier alpha value is -4.17. The summed E-state index contributed by atoms with van der Waals surface area (Å²) in [6.45, 7) is 2.08. The third-order valence-corrected chi connectivity index (χ3v) is 6.85. The van der Waals surface area contributed by atoms with Gasteiger partial charge in [0.1, 0.15) is 5.82 Å². The van der Waals surface area contributed by atoms with Crippen molar-refractivity contribution >= 4 is 40.0 Å². The molecule has 0 spiro atoms. The van der Waals surface area contributed by atoms with Crippen molar-refractivity contribution < 1.29 is 9.59 Å². The molecule has 2 aromatic heterocycles. The first-order valence-corrected chi connectivity index (χ1v) is 12.2. The predicted octanol–water partition coefficient (Wildman–Crippen LogP) is 4.71. The summed E-state index contributed by atoms with van der Waals surface area (Å²) in [5.74, 6) is 0.855. The van der Waals surface area contributed by atoms with Crippen LogP contribution < -0.4 is 20.9 Å². The minimum absolute atomic E-state index is 0.179. The normalized spacial score (nSPS) is 13.9. The fourth-order valence-electron chi connectivity index (χ4n) is 4.73. The molecule has 36 heavy (non-hydrogen) atoms. The van der Waals surface area contributed by atoms with Gasteiger partial charge in [0.25, 0.3) is 5.91 Å². The number of fused-ring (bicyclic) bond motifs is 1. The summed E-state index contributed by atoms with van der Waals surface area (Å²) in [6, 6.07) is 19.3. The van der Waals surface area contributed by atoms with Crippen LogP contribution in [0.4, 0.5) is 22.0 Å². The van der Waals surface area contributed by atoms with Crippen molar-refractivity contribution in [2.75, 3.05) is 37.4 Å². The van der Waals surface area contributed by atoms with Crippen LogP contribution in [0.2, 0.25) is 0 Å². The molecule has 8 nitrogen and oxygen atoms in total. The van der Waals surface area contributed by atoms with Crippen LogP contribution in [0.25, 0.3) is 10.9 Å². The Kier molecular flexibility index (Phi) is 6.69. The van der Waals surface area contributed by atoms with E-state index in [1.54, 1.807) is 24.0 Å². The van der Waals surface area contributed by atoms with E-state index in [4.69, 9.17) is 0 Å². The first-order chi connectivity index (χ1) is 17.5. The summed E-state index contributed by atoms with van der Waals surface area (Å²) >= 11 is 0. The first kappa shape index (κ1) is 23.6. The van der Waals surface area contributed by atoms with Crippen molar-refractivity contribution in [3.63, 3.8) is 0 Å². The van der Waals surface area contributed by atoms with E-state index in [9.17, 15) is 9.59 Å². The van der Waals surface area contributed by atoms with Gasteiger partial charge in [-0.05, 0) is 79.9 Å². The molecule has 1 fully saturated rings. The average molecular weight is 483 g/mol. The summed E-state index contributed by atoms with van der Waals surface area (Å²) in [5.41, 5.74) is 4.57. The van der Waals surface area contributed by atoms with Crippen molar-refractivity contribution in [1.82, 2.24) is 20.2 Å². The molecule has 2 amide bonds. The van der Waals surface area contributed by atoms with Crippen LogP contribution in [0.5, 0.6) is 0 Å². The van der Waals surface area contributed by atoms with E-state index in [0.717, 1.165) is 48.2 Å². The molecule has 0 atom stereocenters. The zero-order chi connectivity index (χ0) is 25.1. The molecule has 1 aliphatic rings. The van der Waals surface area contributed by atoms with Crippen LogP contribution >= 0.6 is 0 Å². The van der Waals surface area contributed by atoms with E-state index >= 15 is 0 Å². The maximum atomic E-state index is 12.9. The number of rotatable bonds is 5. The monoisotopic (exact) mass is 482 g/mol. The number of carbonyl (C=O) groups excluding carboxylic acids is 2. The standard InChI is InChI=1S/C28H30N6O2/c1-29-28(36)34-16-12-22-17-23(7-8-25(22)34)33(2)24-11-15-31-26(18-24)32-27(35)21-5-3-19(4-6-21)20-9-13-30-14-10-20/h3-8,11-12,15-18,20,30H,9-10,13-14H2,1-2H3,(H,29,36)(H,31,32,35). The number of aromatic nitrogens is 2. The van der Waals surface area contributed by atoms with Gasteiger partial charge in [-0.3, -0.25) is 9.36 Å². The highest BCUT2D eigenvalue weighted by molar-refractivity contribution is 6.04. The molecular formula is C28H30N6O2. The molecule has 2 aromatic carbocycles. The second-order valence-corrected chi connectivity index (χ2v) is 9.04. The quantitative estimate of drug-likeness (QED) is 0.383. The second kappa shape index (κ2) is 10.2. The van der Waals surface area contributed by atoms with Crippen LogP contribution in [0.3, 0.4) is 0 Å². The van der Waals surface area contributed by atoms with E-state index in [-0.39, 0.29) is 11.9 Å². The number of nitrogens with one attached hydrogen (secondary N) is 3. The Balaban J connectivity index is 1.29. The maximum Gasteiger partial charge on any atom is 0.325 e. The zero-order valence-corrected chi connectivity index (χ0v) is 20.5. The molecule has 184 valence electrons. The third-order valence-electron chi connectivity index (χ3n) is 6.85. The van der Waals surface area contributed by atoms with Crippen molar-refractivity contribution in [1.29, 1.82) is 0 Å². The Bertz CT molecular complexity index is 1390. The van der Waals surface area contributed by atoms with Crippen LogP contribution in [-0.4, -0.2) is 48.7 Å². The largest absolute Gasteiger partial charge is 0.344 e. The Labute approximate surface area is 210 Å². The van der Waals surface area contributed by atoms with E-state index in [1.807, 2.05) is 60.5 Å². The van der Waals surface area contributed by atoms with Crippen molar-refractivity contribution in [3.8, 4) is 0 Å². The molecule has 3 heterocycles. The second-order valence-electron chi connectivity index (χ2n) is 9.04. The minimum Gasteiger partial charge on any atom is -0.344 e. The molecule has 5 rings (SSSR count). The van der Waals surface area contributed by atoms with Crippen LogP contribution in [0.15, 0.2) is 73.1 Å². The molecule has 4 aromatic rings. The Morgan fingerprint density at radius 1 is 1.00 bits per heavy atom. The summed E-state index contributed by atoms with van der Waals surface area (Å²) in [7, 11) is 3.57. The molecule has 0 bridgehead atoms.